The second-order valence-electron chi connectivity index (χ2n) is 4.71. The van der Waals surface area contributed by atoms with Gasteiger partial charge in [0.2, 0.25) is 5.91 Å². The molecule has 0 unspecified atom stereocenters. The highest BCUT2D eigenvalue weighted by Crippen LogP contribution is 2.33. The number of amides is 1. The molecule has 6 heteroatoms. The van der Waals surface area contributed by atoms with Crippen LogP contribution in [-0.4, -0.2) is 21.9 Å². The minimum absolute atomic E-state index is 0.000768. The zero-order valence-electron chi connectivity index (χ0n) is 11.1. The molecule has 0 aromatic heterocycles. The zero-order chi connectivity index (χ0) is 14.8. The average Bonchev–Trinajstić information content (AvgIpc) is 2.46. The standard InChI is InChI=1S/C15H14N2O3S/c18-11-3-1-9(13(19)6-11)7-16-10-2-4-14-12(5-10)17-15(20)8-21-14/h1-6,16,18-19H,7-8H2,(H,17,20). The summed E-state index contributed by atoms with van der Waals surface area (Å²) < 4.78 is 0. The van der Waals surface area contributed by atoms with E-state index in [0.717, 1.165) is 16.3 Å². The van der Waals surface area contributed by atoms with Crippen molar-refractivity contribution in [3.05, 3.63) is 42.0 Å². The van der Waals surface area contributed by atoms with Gasteiger partial charge in [-0.3, -0.25) is 4.79 Å². The molecule has 0 saturated heterocycles. The molecule has 2 aromatic rings. The van der Waals surface area contributed by atoms with Crippen LogP contribution >= 0.6 is 11.8 Å². The molecule has 2 aromatic carbocycles. The zero-order valence-corrected chi connectivity index (χ0v) is 11.9. The maximum Gasteiger partial charge on any atom is 0.234 e. The van der Waals surface area contributed by atoms with E-state index in [1.165, 1.54) is 23.9 Å². The highest BCUT2D eigenvalue weighted by Gasteiger charge is 2.15. The normalized spacial score (nSPS) is 13.4. The molecule has 0 atom stereocenters. The first kappa shape index (κ1) is 13.6. The Morgan fingerprint density at radius 1 is 1.19 bits per heavy atom. The molecule has 0 spiro atoms. The van der Waals surface area contributed by atoms with Crippen molar-refractivity contribution in [2.45, 2.75) is 11.4 Å². The largest absolute Gasteiger partial charge is 0.508 e. The molecule has 108 valence electrons. The van der Waals surface area contributed by atoms with Crippen LogP contribution in [0.1, 0.15) is 5.56 Å². The Morgan fingerprint density at radius 3 is 2.86 bits per heavy atom. The smallest absolute Gasteiger partial charge is 0.234 e. The molecular formula is C15H14N2O3S. The summed E-state index contributed by atoms with van der Waals surface area (Å²) in [5, 5.41) is 25.0. The summed E-state index contributed by atoms with van der Waals surface area (Å²) in [6, 6.07) is 10.3. The van der Waals surface area contributed by atoms with Gasteiger partial charge in [-0.1, -0.05) is 0 Å². The van der Waals surface area contributed by atoms with Crippen molar-refractivity contribution in [2.75, 3.05) is 16.4 Å². The van der Waals surface area contributed by atoms with Gasteiger partial charge < -0.3 is 20.8 Å². The van der Waals surface area contributed by atoms with Gasteiger partial charge in [0, 0.05) is 28.8 Å². The van der Waals surface area contributed by atoms with Crippen molar-refractivity contribution in [1.29, 1.82) is 0 Å². The quantitative estimate of drug-likeness (QED) is 0.701. The summed E-state index contributed by atoms with van der Waals surface area (Å²) in [6.45, 7) is 0.423. The van der Waals surface area contributed by atoms with Crippen molar-refractivity contribution < 1.29 is 15.0 Å². The number of hydrogen-bond acceptors (Lipinski definition) is 5. The van der Waals surface area contributed by atoms with E-state index in [9.17, 15) is 15.0 Å². The minimum Gasteiger partial charge on any atom is -0.508 e. The van der Waals surface area contributed by atoms with Crippen LogP contribution in [0, 0.1) is 0 Å². The summed E-state index contributed by atoms with van der Waals surface area (Å²) in [6.07, 6.45) is 0. The molecule has 5 nitrogen and oxygen atoms in total. The second-order valence-corrected chi connectivity index (χ2v) is 5.73. The summed E-state index contributed by atoms with van der Waals surface area (Å²) >= 11 is 1.52. The number of fused-ring (bicyclic) bond motifs is 1. The first-order chi connectivity index (χ1) is 10.1. The van der Waals surface area contributed by atoms with Gasteiger partial charge in [-0.25, -0.2) is 0 Å². The highest BCUT2D eigenvalue weighted by atomic mass is 32.2. The molecule has 0 aliphatic carbocycles. The Hall–Kier alpha value is -2.34. The van der Waals surface area contributed by atoms with Crippen molar-refractivity contribution in [3.63, 3.8) is 0 Å². The van der Waals surface area contributed by atoms with Crippen LogP contribution in [0.4, 0.5) is 11.4 Å². The van der Waals surface area contributed by atoms with E-state index < -0.39 is 0 Å². The van der Waals surface area contributed by atoms with Crippen LogP contribution in [0.2, 0.25) is 0 Å². The number of anilines is 2. The van der Waals surface area contributed by atoms with E-state index in [2.05, 4.69) is 10.6 Å². The number of rotatable bonds is 3. The lowest BCUT2D eigenvalue weighted by molar-refractivity contribution is -0.113. The molecule has 0 bridgehead atoms. The molecule has 1 aliphatic heterocycles. The molecule has 1 aliphatic rings. The van der Waals surface area contributed by atoms with E-state index in [0.29, 0.717) is 17.9 Å². The summed E-state index contributed by atoms with van der Waals surface area (Å²) in [7, 11) is 0. The molecule has 0 radical (unpaired) electrons. The summed E-state index contributed by atoms with van der Waals surface area (Å²) in [5.41, 5.74) is 2.34. The van der Waals surface area contributed by atoms with Gasteiger partial charge in [-0.05, 0) is 30.3 Å². The first-order valence-electron chi connectivity index (χ1n) is 6.43. The third-order valence-corrected chi connectivity index (χ3v) is 4.24. The van der Waals surface area contributed by atoms with Gasteiger partial charge >= 0.3 is 0 Å². The highest BCUT2D eigenvalue weighted by molar-refractivity contribution is 8.00. The number of thioether (sulfide) groups is 1. The third kappa shape index (κ3) is 3.05. The van der Waals surface area contributed by atoms with E-state index in [-0.39, 0.29) is 17.4 Å². The van der Waals surface area contributed by atoms with Crippen molar-refractivity contribution in [2.24, 2.45) is 0 Å². The van der Waals surface area contributed by atoms with Crippen LogP contribution in [0.3, 0.4) is 0 Å². The number of aromatic hydroxyl groups is 2. The number of carbonyl (C=O) groups is 1. The van der Waals surface area contributed by atoms with Crippen LogP contribution in [0.5, 0.6) is 11.5 Å². The number of nitrogens with one attached hydrogen (secondary N) is 2. The maximum atomic E-state index is 11.4. The topological polar surface area (TPSA) is 81.6 Å². The first-order valence-corrected chi connectivity index (χ1v) is 7.42. The molecule has 0 saturated carbocycles. The predicted molar refractivity (Wildman–Crippen MR) is 82.9 cm³/mol. The van der Waals surface area contributed by atoms with Crippen molar-refractivity contribution >= 4 is 29.0 Å². The van der Waals surface area contributed by atoms with Crippen molar-refractivity contribution in [3.8, 4) is 11.5 Å². The van der Waals surface area contributed by atoms with Gasteiger partial charge in [0.25, 0.3) is 0 Å². The number of carbonyl (C=O) groups excluding carboxylic acids is 1. The van der Waals surface area contributed by atoms with E-state index >= 15 is 0 Å². The van der Waals surface area contributed by atoms with Crippen LogP contribution < -0.4 is 10.6 Å². The Bertz CT molecular complexity index is 703. The maximum absolute atomic E-state index is 11.4. The summed E-state index contributed by atoms with van der Waals surface area (Å²) in [4.78, 5) is 12.4. The summed E-state index contributed by atoms with van der Waals surface area (Å²) in [5.74, 6) is 0.524. The van der Waals surface area contributed by atoms with Crippen LogP contribution in [0.15, 0.2) is 41.3 Å². The third-order valence-electron chi connectivity index (χ3n) is 3.16. The minimum atomic E-state index is 0.000768. The van der Waals surface area contributed by atoms with Gasteiger partial charge in [-0.2, -0.15) is 0 Å². The van der Waals surface area contributed by atoms with Gasteiger partial charge in [-0.15, -0.1) is 11.8 Å². The Morgan fingerprint density at radius 2 is 2.05 bits per heavy atom. The van der Waals surface area contributed by atoms with Gasteiger partial charge in [0.1, 0.15) is 11.5 Å². The SMILES string of the molecule is O=C1CSc2ccc(NCc3ccc(O)cc3O)cc2N1. The van der Waals surface area contributed by atoms with Crippen LogP contribution in [-0.2, 0) is 11.3 Å². The molecule has 0 fully saturated rings. The van der Waals surface area contributed by atoms with Gasteiger partial charge in [0.15, 0.2) is 0 Å². The van der Waals surface area contributed by atoms with Crippen molar-refractivity contribution in [1.82, 2.24) is 0 Å². The molecular weight excluding hydrogens is 288 g/mol. The number of phenolic OH excluding ortho intramolecular Hbond substituents is 2. The lowest BCUT2D eigenvalue weighted by Crippen LogP contribution is -2.18. The molecule has 1 heterocycles. The van der Waals surface area contributed by atoms with Crippen LogP contribution in [0.25, 0.3) is 0 Å². The Balaban J connectivity index is 1.73. The molecule has 3 rings (SSSR count). The fourth-order valence-electron chi connectivity index (χ4n) is 2.09. The monoisotopic (exact) mass is 302 g/mol. The second kappa shape index (κ2) is 5.57. The Kier molecular flexibility index (Phi) is 3.62. The average molecular weight is 302 g/mol. The van der Waals surface area contributed by atoms with E-state index in [4.69, 9.17) is 0 Å². The van der Waals surface area contributed by atoms with E-state index in [1.54, 1.807) is 6.07 Å². The fourth-order valence-corrected chi connectivity index (χ4v) is 2.88. The number of phenols is 2. The fraction of sp³-hybridized carbons (Fsp3) is 0.133. The Labute approximate surface area is 126 Å². The van der Waals surface area contributed by atoms with E-state index in [1.807, 2.05) is 18.2 Å². The lowest BCUT2D eigenvalue weighted by atomic mass is 10.2. The molecule has 1 amide bonds. The predicted octanol–water partition coefficient (Wildman–Crippen LogP) is 2.75. The molecule has 4 N–H and O–H groups in total. The lowest BCUT2D eigenvalue weighted by Gasteiger charge is -2.17. The molecule has 21 heavy (non-hydrogen) atoms. The van der Waals surface area contributed by atoms with Gasteiger partial charge in [0.05, 0.1) is 11.4 Å². The number of hydrogen-bond donors (Lipinski definition) is 4. The number of benzene rings is 2.